The van der Waals surface area contributed by atoms with Gasteiger partial charge in [0.1, 0.15) is 0 Å². The Hall–Kier alpha value is -0.160. The van der Waals surface area contributed by atoms with E-state index in [1.54, 1.807) is 6.92 Å². The van der Waals surface area contributed by atoms with Crippen LogP contribution in [0.5, 0.6) is 0 Å². The molecule has 0 amide bonds. The molecule has 0 aromatic rings. The Morgan fingerprint density at radius 1 is 0.889 bits per heavy atom. The van der Waals surface area contributed by atoms with Crippen LogP contribution >= 0.6 is 0 Å². The minimum atomic E-state index is -1.47. The smallest absolute Gasteiger partial charge is 0.0954 e. The van der Waals surface area contributed by atoms with Crippen LogP contribution in [0.1, 0.15) is 59.8 Å². The van der Waals surface area contributed by atoms with Crippen molar-refractivity contribution < 1.29 is 20.4 Å². The van der Waals surface area contributed by atoms with Gasteiger partial charge in [-0.2, -0.15) is 0 Å². The minimum Gasteiger partial charge on any atom is -0.393 e. The van der Waals surface area contributed by atoms with Gasteiger partial charge in [0, 0.05) is 5.92 Å². The summed E-state index contributed by atoms with van der Waals surface area (Å²) in [6.45, 7) is 7.18. The van der Waals surface area contributed by atoms with Crippen LogP contribution in [-0.2, 0) is 0 Å². The Kier molecular flexibility index (Phi) is 8.03. The summed E-state index contributed by atoms with van der Waals surface area (Å²) in [6, 6.07) is 0. The second-order valence-corrected chi connectivity index (χ2v) is 5.39. The molecule has 0 spiro atoms. The fraction of sp³-hybridized carbons (Fsp3) is 1.00. The molecule has 110 valence electrons. The summed E-state index contributed by atoms with van der Waals surface area (Å²) < 4.78 is 0. The minimum absolute atomic E-state index is 0.445. The summed E-state index contributed by atoms with van der Waals surface area (Å²) in [4.78, 5) is 0. The molecule has 0 heterocycles. The van der Waals surface area contributed by atoms with Crippen LogP contribution in [-0.4, -0.2) is 44.3 Å². The van der Waals surface area contributed by atoms with Crippen molar-refractivity contribution >= 4 is 0 Å². The molecule has 0 rings (SSSR count). The molecule has 0 saturated carbocycles. The Balaban J connectivity index is 5.03. The molecule has 0 radical (unpaired) electrons. The van der Waals surface area contributed by atoms with Crippen molar-refractivity contribution in [1.29, 1.82) is 0 Å². The number of aliphatic hydroxyl groups excluding tert-OH is 3. The van der Waals surface area contributed by atoms with E-state index in [4.69, 9.17) is 0 Å². The highest BCUT2D eigenvalue weighted by Gasteiger charge is 2.45. The summed E-state index contributed by atoms with van der Waals surface area (Å²) >= 11 is 0. The average molecular weight is 262 g/mol. The van der Waals surface area contributed by atoms with Gasteiger partial charge in [-0.25, -0.2) is 0 Å². The van der Waals surface area contributed by atoms with Gasteiger partial charge in [-0.05, 0) is 26.2 Å². The predicted octanol–water partition coefficient (Wildman–Crippen LogP) is 1.45. The number of hydrogen-bond donors (Lipinski definition) is 4. The fourth-order valence-electron chi connectivity index (χ4n) is 2.55. The molecule has 0 aliphatic carbocycles. The molecule has 0 aliphatic heterocycles. The normalized spacial score (nSPS) is 22.0. The predicted molar refractivity (Wildman–Crippen MR) is 72.2 cm³/mol. The lowest BCUT2D eigenvalue weighted by atomic mass is 9.74. The summed E-state index contributed by atoms with van der Waals surface area (Å²) in [6.07, 6.45) is 0.389. The van der Waals surface area contributed by atoms with Gasteiger partial charge in [0.2, 0.25) is 0 Å². The van der Waals surface area contributed by atoms with E-state index in [2.05, 4.69) is 0 Å². The highest BCUT2D eigenvalue weighted by Crippen LogP contribution is 2.32. The molecular formula is C14H30O4. The third kappa shape index (κ3) is 4.50. The molecule has 0 aromatic heterocycles. The molecular weight excluding hydrogens is 232 g/mol. The first kappa shape index (κ1) is 17.8. The highest BCUT2D eigenvalue weighted by atomic mass is 16.3. The zero-order valence-corrected chi connectivity index (χ0v) is 12.1. The zero-order valence-electron chi connectivity index (χ0n) is 12.1. The van der Waals surface area contributed by atoms with Gasteiger partial charge >= 0.3 is 0 Å². The van der Waals surface area contributed by atoms with Gasteiger partial charge in [0.15, 0.2) is 0 Å². The lowest BCUT2D eigenvalue weighted by molar-refractivity contribution is -0.166. The molecule has 0 aromatic carbocycles. The molecule has 4 N–H and O–H groups in total. The van der Waals surface area contributed by atoms with Crippen molar-refractivity contribution in [3.8, 4) is 0 Å². The Morgan fingerprint density at radius 3 is 1.78 bits per heavy atom. The summed E-state index contributed by atoms with van der Waals surface area (Å²) in [5, 5.41) is 40.7. The van der Waals surface area contributed by atoms with Gasteiger partial charge in [-0.15, -0.1) is 0 Å². The molecule has 5 unspecified atom stereocenters. The van der Waals surface area contributed by atoms with Crippen LogP contribution in [0, 0.1) is 5.92 Å². The van der Waals surface area contributed by atoms with Gasteiger partial charge in [0.25, 0.3) is 0 Å². The average Bonchev–Trinajstić information content (AvgIpc) is 2.29. The van der Waals surface area contributed by atoms with Crippen molar-refractivity contribution in [1.82, 2.24) is 0 Å². The Labute approximate surface area is 111 Å². The molecule has 0 fully saturated rings. The second kappa shape index (κ2) is 8.10. The van der Waals surface area contributed by atoms with Crippen molar-refractivity contribution in [2.75, 3.05) is 0 Å². The maximum Gasteiger partial charge on any atom is 0.0954 e. The highest BCUT2D eigenvalue weighted by molar-refractivity contribution is 4.95. The largest absolute Gasteiger partial charge is 0.393 e. The van der Waals surface area contributed by atoms with Crippen LogP contribution < -0.4 is 0 Å². The first-order chi connectivity index (χ1) is 8.32. The summed E-state index contributed by atoms with van der Waals surface area (Å²) in [5.74, 6) is -0.719. The number of rotatable bonds is 9. The van der Waals surface area contributed by atoms with Crippen LogP contribution in [0.4, 0.5) is 0 Å². The number of hydrogen-bond acceptors (Lipinski definition) is 4. The van der Waals surface area contributed by atoms with Crippen molar-refractivity contribution in [2.24, 2.45) is 5.92 Å². The molecule has 4 heteroatoms. The van der Waals surface area contributed by atoms with Crippen LogP contribution in [0.25, 0.3) is 0 Å². The molecule has 0 aliphatic rings. The van der Waals surface area contributed by atoms with Gasteiger partial charge in [0.05, 0.1) is 23.9 Å². The third-order valence-electron chi connectivity index (χ3n) is 3.74. The van der Waals surface area contributed by atoms with Crippen LogP contribution in [0.15, 0.2) is 0 Å². The van der Waals surface area contributed by atoms with E-state index in [1.807, 2.05) is 13.8 Å². The summed E-state index contributed by atoms with van der Waals surface area (Å²) in [5.41, 5.74) is -1.47. The zero-order chi connectivity index (χ0) is 14.3. The molecule has 18 heavy (non-hydrogen) atoms. The van der Waals surface area contributed by atoms with Crippen molar-refractivity contribution in [3.63, 3.8) is 0 Å². The van der Waals surface area contributed by atoms with E-state index in [-0.39, 0.29) is 0 Å². The van der Waals surface area contributed by atoms with E-state index in [0.717, 1.165) is 12.8 Å². The quantitative estimate of drug-likeness (QED) is 0.507. The van der Waals surface area contributed by atoms with Crippen LogP contribution in [0.3, 0.4) is 0 Å². The maximum atomic E-state index is 10.5. The molecule has 0 bridgehead atoms. The lowest BCUT2D eigenvalue weighted by Gasteiger charge is -2.41. The second-order valence-electron chi connectivity index (χ2n) is 5.39. The standard InChI is InChI=1S/C14H30O4/c1-5-8-11(16)13(10(15)7-3)14(4,18)12(17)9-6-2/h10-13,15-18H,5-9H2,1-4H3. The SMILES string of the molecule is CCCC(O)C(C(O)CC)C(C)(O)C(O)CCC. The molecule has 0 saturated heterocycles. The van der Waals surface area contributed by atoms with E-state index >= 15 is 0 Å². The molecule has 5 atom stereocenters. The maximum absolute atomic E-state index is 10.5. The van der Waals surface area contributed by atoms with Gasteiger partial charge in [-0.1, -0.05) is 33.6 Å². The topological polar surface area (TPSA) is 80.9 Å². The fourth-order valence-corrected chi connectivity index (χ4v) is 2.55. The van der Waals surface area contributed by atoms with Crippen molar-refractivity contribution in [2.45, 2.75) is 83.7 Å². The van der Waals surface area contributed by atoms with Crippen LogP contribution in [0.2, 0.25) is 0 Å². The van der Waals surface area contributed by atoms with Gasteiger partial charge < -0.3 is 20.4 Å². The first-order valence-electron chi connectivity index (χ1n) is 7.09. The molecule has 4 nitrogen and oxygen atoms in total. The monoisotopic (exact) mass is 262 g/mol. The Morgan fingerprint density at radius 2 is 1.39 bits per heavy atom. The van der Waals surface area contributed by atoms with E-state index in [0.29, 0.717) is 19.3 Å². The van der Waals surface area contributed by atoms with E-state index in [9.17, 15) is 20.4 Å². The summed E-state index contributed by atoms with van der Waals surface area (Å²) in [7, 11) is 0. The first-order valence-corrected chi connectivity index (χ1v) is 7.09. The third-order valence-corrected chi connectivity index (χ3v) is 3.74. The van der Waals surface area contributed by atoms with Crippen molar-refractivity contribution in [3.05, 3.63) is 0 Å². The Bertz CT molecular complexity index is 218. The van der Waals surface area contributed by atoms with E-state index in [1.165, 1.54) is 6.92 Å². The van der Waals surface area contributed by atoms with E-state index < -0.39 is 29.8 Å². The lowest BCUT2D eigenvalue weighted by Crippen LogP contribution is -2.55. The van der Waals surface area contributed by atoms with Gasteiger partial charge in [-0.3, -0.25) is 0 Å². The number of aliphatic hydroxyl groups is 4.